The highest BCUT2D eigenvalue weighted by molar-refractivity contribution is 5.63. The van der Waals surface area contributed by atoms with E-state index < -0.39 is 0 Å². The van der Waals surface area contributed by atoms with Crippen LogP contribution in [0.3, 0.4) is 0 Å². The van der Waals surface area contributed by atoms with Crippen LogP contribution in [0.4, 0.5) is 11.5 Å². The maximum atomic E-state index is 5.69. The fourth-order valence-electron chi connectivity index (χ4n) is 1.30. The van der Waals surface area contributed by atoms with Crippen molar-refractivity contribution in [2.75, 3.05) is 18.1 Å². The van der Waals surface area contributed by atoms with Crippen molar-refractivity contribution >= 4 is 11.5 Å². The number of nitrogens with two attached hydrogens (primary N) is 1. The number of aromatic nitrogens is 2. The number of anilines is 2. The number of nitrogens with zero attached hydrogens (tertiary/aromatic N) is 2. The molecule has 0 spiro atoms. The Bertz CT molecular complexity index is 450. The Kier molecular flexibility index (Phi) is 2.49. The first kappa shape index (κ1) is 9.45. The molecule has 0 aliphatic carbocycles. The van der Waals surface area contributed by atoms with Crippen molar-refractivity contribution in [1.29, 1.82) is 0 Å². The Morgan fingerprint density at radius 3 is 2.67 bits per heavy atom. The fraction of sp³-hybridized carbons (Fsp3) is 0.0909. The maximum absolute atomic E-state index is 5.69. The van der Waals surface area contributed by atoms with Gasteiger partial charge >= 0.3 is 0 Å². The number of benzene rings is 1. The van der Waals surface area contributed by atoms with Crippen molar-refractivity contribution in [3.05, 3.63) is 36.7 Å². The number of nitrogens with one attached hydrogen (secondary N) is 1. The summed E-state index contributed by atoms with van der Waals surface area (Å²) in [5.74, 6) is 0.752. The lowest BCUT2D eigenvalue weighted by atomic mass is 10.1. The number of rotatable bonds is 2. The van der Waals surface area contributed by atoms with Gasteiger partial charge < -0.3 is 11.1 Å². The van der Waals surface area contributed by atoms with Crippen LogP contribution >= 0.6 is 0 Å². The lowest BCUT2D eigenvalue weighted by molar-refractivity contribution is 1.19. The van der Waals surface area contributed by atoms with Crippen LogP contribution in [-0.4, -0.2) is 17.0 Å². The van der Waals surface area contributed by atoms with Crippen molar-refractivity contribution < 1.29 is 0 Å². The molecule has 3 N–H and O–H groups in total. The lowest BCUT2D eigenvalue weighted by Crippen LogP contribution is -1.94. The standard InChI is InChI=1S/C11H12N4/c1-13-11-7-14-10(6-15-11)8-3-2-4-9(12)5-8/h2-7H,12H2,1H3,(H,13,15). The van der Waals surface area contributed by atoms with Gasteiger partial charge in [0.25, 0.3) is 0 Å². The molecule has 4 nitrogen and oxygen atoms in total. The van der Waals surface area contributed by atoms with Crippen LogP contribution < -0.4 is 11.1 Å². The first-order valence-corrected chi connectivity index (χ1v) is 4.65. The van der Waals surface area contributed by atoms with Crippen LogP contribution in [0, 0.1) is 0 Å². The molecule has 2 aromatic rings. The molecule has 0 radical (unpaired) electrons. The van der Waals surface area contributed by atoms with Gasteiger partial charge in [-0.3, -0.25) is 4.98 Å². The molecule has 1 aromatic carbocycles. The minimum absolute atomic E-state index is 0.729. The van der Waals surface area contributed by atoms with Gasteiger partial charge in [0.2, 0.25) is 0 Å². The summed E-state index contributed by atoms with van der Waals surface area (Å²) < 4.78 is 0. The summed E-state index contributed by atoms with van der Waals surface area (Å²) in [4.78, 5) is 8.47. The Morgan fingerprint density at radius 2 is 2.07 bits per heavy atom. The van der Waals surface area contributed by atoms with Gasteiger partial charge in [0.05, 0.1) is 18.1 Å². The summed E-state index contributed by atoms with van der Waals surface area (Å²) in [7, 11) is 1.81. The van der Waals surface area contributed by atoms with Gasteiger partial charge in [0, 0.05) is 18.3 Å². The predicted octanol–water partition coefficient (Wildman–Crippen LogP) is 1.77. The van der Waals surface area contributed by atoms with E-state index in [2.05, 4.69) is 15.3 Å². The van der Waals surface area contributed by atoms with Crippen LogP contribution in [0.25, 0.3) is 11.3 Å². The first-order valence-electron chi connectivity index (χ1n) is 4.65. The van der Waals surface area contributed by atoms with E-state index in [0.29, 0.717) is 0 Å². The molecular weight excluding hydrogens is 188 g/mol. The zero-order valence-electron chi connectivity index (χ0n) is 8.44. The second-order valence-electron chi connectivity index (χ2n) is 3.16. The summed E-state index contributed by atoms with van der Waals surface area (Å²) in [6.45, 7) is 0. The van der Waals surface area contributed by atoms with E-state index in [0.717, 1.165) is 22.8 Å². The Balaban J connectivity index is 2.37. The van der Waals surface area contributed by atoms with E-state index in [-0.39, 0.29) is 0 Å². The normalized spacial score (nSPS) is 9.93. The smallest absolute Gasteiger partial charge is 0.144 e. The van der Waals surface area contributed by atoms with E-state index in [4.69, 9.17) is 5.73 Å². The van der Waals surface area contributed by atoms with Crippen LogP contribution in [-0.2, 0) is 0 Å². The topological polar surface area (TPSA) is 63.8 Å². The van der Waals surface area contributed by atoms with Crippen molar-refractivity contribution in [2.45, 2.75) is 0 Å². The van der Waals surface area contributed by atoms with Gasteiger partial charge in [0.1, 0.15) is 5.82 Å². The van der Waals surface area contributed by atoms with E-state index in [1.807, 2.05) is 31.3 Å². The largest absolute Gasteiger partial charge is 0.399 e. The molecule has 4 heteroatoms. The highest BCUT2D eigenvalue weighted by Gasteiger charge is 1.99. The summed E-state index contributed by atoms with van der Waals surface area (Å²) in [6.07, 6.45) is 3.42. The Hall–Kier alpha value is -2.10. The first-order chi connectivity index (χ1) is 7.29. The molecule has 0 unspecified atom stereocenters. The molecule has 0 saturated carbocycles. The molecule has 0 bridgehead atoms. The predicted molar refractivity (Wildman–Crippen MR) is 61.4 cm³/mol. The third-order valence-corrected chi connectivity index (χ3v) is 2.09. The zero-order chi connectivity index (χ0) is 10.7. The molecule has 0 amide bonds. The van der Waals surface area contributed by atoms with E-state index in [1.54, 1.807) is 12.4 Å². The highest BCUT2D eigenvalue weighted by Crippen LogP contribution is 2.18. The number of nitrogen functional groups attached to an aromatic ring is 1. The second kappa shape index (κ2) is 3.96. The van der Waals surface area contributed by atoms with Crippen LogP contribution in [0.1, 0.15) is 0 Å². The quantitative estimate of drug-likeness (QED) is 0.725. The lowest BCUT2D eigenvalue weighted by Gasteiger charge is -2.02. The van der Waals surface area contributed by atoms with Gasteiger partial charge in [-0.15, -0.1) is 0 Å². The van der Waals surface area contributed by atoms with Gasteiger partial charge in [-0.2, -0.15) is 0 Å². The third-order valence-electron chi connectivity index (χ3n) is 2.09. The fourth-order valence-corrected chi connectivity index (χ4v) is 1.30. The van der Waals surface area contributed by atoms with Crippen LogP contribution in [0.15, 0.2) is 36.7 Å². The molecular formula is C11H12N4. The molecule has 0 aliphatic heterocycles. The third kappa shape index (κ3) is 2.04. The molecule has 1 aromatic heterocycles. The van der Waals surface area contributed by atoms with E-state index in [9.17, 15) is 0 Å². The van der Waals surface area contributed by atoms with Gasteiger partial charge in [-0.1, -0.05) is 12.1 Å². The molecule has 1 heterocycles. The van der Waals surface area contributed by atoms with Crippen LogP contribution in [0.2, 0.25) is 0 Å². The van der Waals surface area contributed by atoms with Crippen LogP contribution in [0.5, 0.6) is 0 Å². The average Bonchev–Trinajstić information content (AvgIpc) is 2.29. The second-order valence-corrected chi connectivity index (χ2v) is 3.16. The summed E-state index contributed by atoms with van der Waals surface area (Å²) in [6, 6.07) is 7.58. The average molecular weight is 200 g/mol. The van der Waals surface area contributed by atoms with Crippen molar-refractivity contribution in [2.24, 2.45) is 0 Å². The summed E-state index contributed by atoms with van der Waals surface area (Å²) in [5.41, 5.74) is 8.22. The zero-order valence-corrected chi connectivity index (χ0v) is 8.44. The molecule has 0 atom stereocenters. The molecule has 2 rings (SSSR count). The van der Waals surface area contributed by atoms with Crippen molar-refractivity contribution in [1.82, 2.24) is 9.97 Å². The van der Waals surface area contributed by atoms with Gasteiger partial charge in [0.15, 0.2) is 0 Å². The molecule has 0 saturated heterocycles. The molecule has 76 valence electrons. The molecule has 0 aliphatic rings. The SMILES string of the molecule is CNc1cnc(-c2cccc(N)c2)cn1. The number of hydrogen-bond acceptors (Lipinski definition) is 4. The monoisotopic (exact) mass is 200 g/mol. The van der Waals surface area contributed by atoms with Crippen molar-refractivity contribution in [3.8, 4) is 11.3 Å². The Morgan fingerprint density at radius 1 is 1.20 bits per heavy atom. The minimum atomic E-state index is 0.729. The van der Waals surface area contributed by atoms with Gasteiger partial charge in [-0.05, 0) is 12.1 Å². The van der Waals surface area contributed by atoms with Gasteiger partial charge in [-0.25, -0.2) is 4.98 Å². The van der Waals surface area contributed by atoms with E-state index in [1.165, 1.54) is 0 Å². The maximum Gasteiger partial charge on any atom is 0.144 e. The number of hydrogen-bond donors (Lipinski definition) is 2. The van der Waals surface area contributed by atoms with E-state index >= 15 is 0 Å². The van der Waals surface area contributed by atoms with Crippen molar-refractivity contribution in [3.63, 3.8) is 0 Å². The highest BCUT2D eigenvalue weighted by atomic mass is 15.0. The Labute approximate surface area is 88.2 Å². The minimum Gasteiger partial charge on any atom is -0.399 e. The summed E-state index contributed by atoms with van der Waals surface area (Å²) in [5, 5.41) is 2.92. The molecule has 15 heavy (non-hydrogen) atoms. The summed E-state index contributed by atoms with van der Waals surface area (Å²) >= 11 is 0. The molecule has 0 fully saturated rings.